The summed E-state index contributed by atoms with van der Waals surface area (Å²) >= 11 is 0. The van der Waals surface area contributed by atoms with E-state index in [0.717, 1.165) is 39.2 Å². The highest BCUT2D eigenvalue weighted by atomic mass is 28.3. The minimum Gasteiger partial charge on any atom is -0.295 e. The number of aliphatic imine (C=N–C) groups is 1. The SMILES string of the molecule is C#Cc1ccc(-c2cccc(-c3ccc(C#C[Si](C)(C)C)cc3)c2C(=NC(C)C)[NH2+]C(C)C)cc1. The molecule has 0 aliphatic carbocycles. The summed E-state index contributed by atoms with van der Waals surface area (Å²) in [5.74, 6) is 7.12. The van der Waals surface area contributed by atoms with Gasteiger partial charge in [0, 0.05) is 11.1 Å². The molecule has 178 valence electrons. The lowest BCUT2D eigenvalue weighted by molar-refractivity contribution is -0.572. The van der Waals surface area contributed by atoms with E-state index in [2.05, 4.69) is 125 Å². The van der Waals surface area contributed by atoms with Crippen LogP contribution in [0.1, 0.15) is 44.4 Å². The van der Waals surface area contributed by atoms with Gasteiger partial charge in [0.2, 0.25) is 5.84 Å². The Hall–Kier alpha value is -3.37. The molecule has 0 radical (unpaired) electrons. The molecule has 0 atom stereocenters. The topological polar surface area (TPSA) is 29.0 Å². The van der Waals surface area contributed by atoms with E-state index in [1.165, 1.54) is 5.56 Å². The normalized spacial score (nSPS) is 11.8. The second-order valence-electron chi connectivity index (χ2n) is 10.5. The molecule has 0 fully saturated rings. The van der Waals surface area contributed by atoms with E-state index < -0.39 is 8.07 Å². The highest BCUT2D eigenvalue weighted by Gasteiger charge is 2.22. The van der Waals surface area contributed by atoms with Gasteiger partial charge in [-0.15, -0.1) is 12.0 Å². The van der Waals surface area contributed by atoms with Crippen molar-refractivity contribution in [3.8, 4) is 46.1 Å². The van der Waals surface area contributed by atoms with Crippen LogP contribution in [0, 0.1) is 23.8 Å². The summed E-state index contributed by atoms with van der Waals surface area (Å²) < 4.78 is 0. The lowest BCUT2D eigenvalue weighted by Crippen LogP contribution is -2.92. The van der Waals surface area contributed by atoms with E-state index in [4.69, 9.17) is 11.4 Å². The Morgan fingerprint density at radius 2 is 1.31 bits per heavy atom. The first-order valence-electron chi connectivity index (χ1n) is 12.3. The first-order chi connectivity index (χ1) is 16.6. The van der Waals surface area contributed by atoms with E-state index in [1.807, 2.05) is 12.1 Å². The van der Waals surface area contributed by atoms with E-state index in [-0.39, 0.29) is 6.04 Å². The molecule has 0 aliphatic heterocycles. The van der Waals surface area contributed by atoms with E-state index in [0.29, 0.717) is 6.04 Å². The number of rotatable bonds is 5. The van der Waals surface area contributed by atoms with Crippen molar-refractivity contribution in [1.82, 2.24) is 0 Å². The van der Waals surface area contributed by atoms with Crippen molar-refractivity contribution >= 4 is 13.9 Å². The fourth-order valence-electron chi connectivity index (χ4n) is 3.83. The Morgan fingerprint density at radius 3 is 1.74 bits per heavy atom. The maximum Gasteiger partial charge on any atom is 0.228 e. The second-order valence-corrected chi connectivity index (χ2v) is 15.3. The molecule has 0 unspecified atom stereocenters. The zero-order chi connectivity index (χ0) is 25.6. The summed E-state index contributed by atoms with van der Waals surface area (Å²) in [6.45, 7) is 15.5. The van der Waals surface area contributed by atoms with Crippen LogP contribution < -0.4 is 5.32 Å². The van der Waals surface area contributed by atoms with Crippen LogP contribution in [0.15, 0.2) is 71.7 Å². The van der Waals surface area contributed by atoms with Crippen LogP contribution in [-0.4, -0.2) is 26.0 Å². The molecule has 2 N–H and O–H groups in total. The first-order valence-corrected chi connectivity index (χ1v) is 15.8. The molecule has 3 heteroatoms. The minimum atomic E-state index is -1.42. The summed E-state index contributed by atoms with van der Waals surface area (Å²) in [4.78, 5) is 5.08. The highest BCUT2D eigenvalue weighted by molar-refractivity contribution is 6.83. The van der Waals surface area contributed by atoms with Crippen LogP contribution in [0.2, 0.25) is 19.6 Å². The second kappa shape index (κ2) is 11.4. The van der Waals surface area contributed by atoms with Gasteiger partial charge in [-0.3, -0.25) is 5.32 Å². The molecule has 0 saturated carbocycles. The van der Waals surface area contributed by atoms with Crippen molar-refractivity contribution in [2.75, 3.05) is 0 Å². The summed E-state index contributed by atoms with van der Waals surface area (Å²) in [6.07, 6.45) is 5.60. The molecule has 3 aromatic carbocycles. The predicted octanol–water partition coefficient (Wildman–Crippen LogP) is 6.36. The average molecular weight is 478 g/mol. The van der Waals surface area contributed by atoms with E-state index >= 15 is 0 Å². The summed E-state index contributed by atoms with van der Waals surface area (Å²) in [6, 6.07) is 23.9. The number of amidine groups is 1. The zero-order valence-electron chi connectivity index (χ0n) is 22.1. The number of nitrogens with zero attached hydrogens (tertiary/aromatic N) is 1. The minimum absolute atomic E-state index is 0.184. The van der Waals surface area contributed by atoms with Gasteiger partial charge in [-0.05, 0) is 74.2 Å². The van der Waals surface area contributed by atoms with Crippen molar-refractivity contribution in [2.45, 2.75) is 59.4 Å². The quantitative estimate of drug-likeness (QED) is 0.192. The Labute approximate surface area is 212 Å². The van der Waals surface area contributed by atoms with Crippen molar-refractivity contribution in [1.29, 1.82) is 0 Å². The lowest BCUT2D eigenvalue weighted by Gasteiger charge is -2.18. The maximum absolute atomic E-state index is 5.60. The van der Waals surface area contributed by atoms with Gasteiger partial charge >= 0.3 is 0 Å². The fourth-order valence-corrected chi connectivity index (χ4v) is 4.35. The summed E-state index contributed by atoms with van der Waals surface area (Å²) in [5.41, 5.74) is 11.2. The first kappa shape index (κ1) is 26.2. The Balaban J connectivity index is 2.22. The zero-order valence-corrected chi connectivity index (χ0v) is 23.1. The largest absolute Gasteiger partial charge is 0.295 e. The fraction of sp³-hybridized carbons (Fsp3) is 0.281. The molecule has 0 amide bonds. The van der Waals surface area contributed by atoms with Gasteiger partial charge < -0.3 is 0 Å². The molecule has 3 aromatic rings. The van der Waals surface area contributed by atoms with Crippen LogP contribution in [0.4, 0.5) is 0 Å². The number of benzene rings is 3. The van der Waals surface area contributed by atoms with Gasteiger partial charge in [-0.2, -0.15) is 0 Å². The number of hydrogen-bond donors (Lipinski definition) is 1. The van der Waals surface area contributed by atoms with Gasteiger partial charge in [0.1, 0.15) is 8.07 Å². The standard InChI is InChI=1S/C32H36N2Si/c1-9-25-13-17-27(18-14-25)29-11-10-12-30(31(29)32(33-23(2)3)34-24(4)5)28-19-15-26(16-20-28)21-22-35(6,7)8/h1,10-20,23-24H,2-8H3,(H,33,34)/p+1. The van der Waals surface area contributed by atoms with Gasteiger partial charge in [-0.25, -0.2) is 4.99 Å². The average Bonchev–Trinajstić information content (AvgIpc) is 2.81. The van der Waals surface area contributed by atoms with Crippen molar-refractivity contribution in [2.24, 2.45) is 4.99 Å². The molecular weight excluding hydrogens is 440 g/mol. The smallest absolute Gasteiger partial charge is 0.228 e. The molecule has 0 bridgehead atoms. The lowest BCUT2D eigenvalue weighted by atomic mass is 9.90. The van der Waals surface area contributed by atoms with Crippen LogP contribution in [-0.2, 0) is 0 Å². The third-order valence-electron chi connectivity index (χ3n) is 5.35. The highest BCUT2D eigenvalue weighted by Crippen LogP contribution is 2.33. The van der Waals surface area contributed by atoms with Gasteiger partial charge in [-0.1, -0.05) is 73.9 Å². The third kappa shape index (κ3) is 7.30. The molecule has 3 rings (SSSR count). The molecule has 0 aromatic heterocycles. The van der Waals surface area contributed by atoms with Crippen LogP contribution in [0.5, 0.6) is 0 Å². The van der Waals surface area contributed by atoms with E-state index in [1.54, 1.807) is 0 Å². The van der Waals surface area contributed by atoms with Crippen molar-refractivity contribution in [3.05, 3.63) is 83.4 Å². The molecule has 0 spiro atoms. The summed E-state index contributed by atoms with van der Waals surface area (Å²) in [7, 11) is -1.42. The van der Waals surface area contributed by atoms with Crippen molar-refractivity contribution in [3.63, 3.8) is 0 Å². The van der Waals surface area contributed by atoms with E-state index in [9.17, 15) is 0 Å². The van der Waals surface area contributed by atoms with Gasteiger partial charge in [0.15, 0.2) is 0 Å². The number of terminal acetylenes is 1. The van der Waals surface area contributed by atoms with Crippen molar-refractivity contribution < 1.29 is 5.32 Å². The molecular formula is C32H37N2Si+. The monoisotopic (exact) mass is 477 g/mol. The molecule has 0 saturated heterocycles. The molecule has 0 aliphatic rings. The number of quaternary nitrogens is 1. The maximum atomic E-state index is 5.60. The number of nitrogens with two attached hydrogens (primary N) is 1. The van der Waals surface area contributed by atoms with Crippen LogP contribution in [0.25, 0.3) is 22.3 Å². The summed E-state index contributed by atoms with van der Waals surface area (Å²) in [5, 5.41) is 2.27. The predicted molar refractivity (Wildman–Crippen MR) is 154 cm³/mol. The molecule has 35 heavy (non-hydrogen) atoms. The van der Waals surface area contributed by atoms with Crippen LogP contribution in [0.3, 0.4) is 0 Å². The Morgan fingerprint density at radius 1 is 0.800 bits per heavy atom. The third-order valence-corrected chi connectivity index (χ3v) is 6.22. The van der Waals surface area contributed by atoms with Crippen LogP contribution >= 0.6 is 0 Å². The Kier molecular flexibility index (Phi) is 8.52. The van der Waals surface area contributed by atoms with Gasteiger partial charge in [0.05, 0.1) is 17.6 Å². The Bertz CT molecular complexity index is 1290. The number of hydrogen-bond acceptors (Lipinski definition) is 1. The molecule has 0 heterocycles. The van der Waals surface area contributed by atoms with Gasteiger partial charge in [0.25, 0.3) is 0 Å². The molecule has 2 nitrogen and oxygen atoms in total.